The molecule has 4 nitrogen and oxygen atoms in total. The average molecular weight is 893 g/mol. The Labute approximate surface area is 405 Å². The van der Waals surface area contributed by atoms with E-state index < -0.39 is 0 Å². The highest BCUT2D eigenvalue weighted by atomic mass is 16.5. The van der Waals surface area contributed by atoms with E-state index in [1.54, 1.807) is 0 Å². The lowest BCUT2D eigenvalue weighted by Crippen LogP contribution is -2.10. The van der Waals surface area contributed by atoms with Crippen LogP contribution >= 0.6 is 0 Å². The van der Waals surface area contributed by atoms with Gasteiger partial charge in [-0.3, -0.25) is 0 Å². The van der Waals surface area contributed by atoms with Gasteiger partial charge >= 0.3 is 0 Å². The second-order valence-electron chi connectivity index (χ2n) is 17.5. The number of aryl methyl sites for hydroxylation is 3. The van der Waals surface area contributed by atoms with Crippen molar-refractivity contribution >= 4 is 46.3 Å². The van der Waals surface area contributed by atoms with Gasteiger partial charge < -0.3 is 19.3 Å². The van der Waals surface area contributed by atoms with Crippen molar-refractivity contribution in [2.45, 2.75) is 72.2 Å². The second-order valence-corrected chi connectivity index (χ2v) is 17.5. The predicted octanol–water partition coefficient (Wildman–Crippen LogP) is 17.4. The number of anilines is 6. The second kappa shape index (κ2) is 24.0. The highest BCUT2D eigenvalue weighted by molar-refractivity contribution is 5.81. The third-order valence-electron chi connectivity index (χ3n) is 12.4. The van der Waals surface area contributed by atoms with E-state index in [0.717, 1.165) is 102 Å². The van der Waals surface area contributed by atoms with E-state index in [-0.39, 0.29) is 0 Å². The number of hydrogen-bond donors (Lipinski definition) is 0. The fourth-order valence-corrected chi connectivity index (χ4v) is 8.61. The first kappa shape index (κ1) is 47.3. The van der Waals surface area contributed by atoms with Gasteiger partial charge in [-0.2, -0.15) is 0 Å². The molecule has 0 radical (unpaired) electrons. The molecule has 8 rings (SSSR count). The Morgan fingerprint density at radius 1 is 0.338 bits per heavy atom. The fourth-order valence-electron chi connectivity index (χ4n) is 8.61. The molecule has 0 N–H and O–H groups in total. The summed E-state index contributed by atoms with van der Waals surface area (Å²) >= 11 is 0. The molecule has 0 fully saturated rings. The van der Waals surface area contributed by atoms with Crippen LogP contribution in [0.15, 0.2) is 207 Å². The summed E-state index contributed by atoms with van der Waals surface area (Å²) < 4.78 is 12.1. The minimum Gasteiger partial charge on any atom is -0.377 e. The molecule has 0 aliphatic carbocycles. The highest BCUT2D eigenvalue weighted by Gasteiger charge is 2.16. The Hall–Kier alpha value is -7.24. The van der Waals surface area contributed by atoms with Crippen LogP contribution in [0.4, 0.5) is 34.1 Å². The van der Waals surface area contributed by atoms with Crippen LogP contribution in [-0.2, 0) is 48.6 Å². The monoisotopic (exact) mass is 892 g/mol. The number of rotatable bonds is 23. The molecule has 0 aromatic heterocycles. The summed E-state index contributed by atoms with van der Waals surface area (Å²) in [5.41, 5.74) is 18.8. The van der Waals surface area contributed by atoms with E-state index in [1.807, 2.05) is 12.2 Å². The van der Waals surface area contributed by atoms with Gasteiger partial charge in [-0.05, 0) is 154 Å². The van der Waals surface area contributed by atoms with E-state index in [9.17, 15) is 0 Å². The standard InChI is InChI=1S/C64H64N2O2/c1-5-10-51-21-33-59(34-22-51)65(61-37-25-53(26-38-61)12-9-45-67-46-54-17-13-49(7-3)14-18-54)63-41-29-57(30-42-63)58-31-43-64(44-32-58)66(60-35-23-52(11-6-2)24-36-60)62-39-27-56(28-40-62)48-68-47-55-19-15-50(8-4)16-20-55/h7-8,13-44H,3-6,9-12,45-48H2,1-2H3. The zero-order valence-electron chi connectivity index (χ0n) is 39.8. The van der Waals surface area contributed by atoms with Crippen LogP contribution in [-0.4, -0.2) is 6.61 Å². The molecular weight excluding hydrogens is 829 g/mol. The third kappa shape index (κ3) is 12.6. The maximum absolute atomic E-state index is 6.11. The van der Waals surface area contributed by atoms with E-state index >= 15 is 0 Å². The van der Waals surface area contributed by atoms with Crippen LogP contribution in [0.1, 0.15) is 77.6 Å². The zero-order valence-corrected chi connectivity index (χ0v) is 39.8. The van der Waals surface area contributed by atoms with Crippen molar-refractivity contribution in [3.05, 3.63) is 252 Å². The van der Waals surface area contributed by atoms with Gasteiger partial charge in [0.2, 0.25) is 0 Å². The van der Waals surface area contributed by atoms with E-state index in [4.69, 9.17) is 9.47 Å². The smallest absolute Gasteiger partial charge is 0.0721 e. The molecule has 4 heteroatoms. The Kier molecular flexibility index (Phi) is 16.7. The van der Waals surface area contributed by atoms with Gasteiger partial charge in [0.1, 0.15) is 0 Å². The third-order valence-corrected chi connectivity index (χ3v) is 12.4. The lowest BCUT2D eigenvalue weighted by molar-refractivity contribution is 0.107. The average Bonchev–Trinajstić information content (AvgIpc) is 3.39. The molecule has 0 saturated carbocycles. The van der Waals surface area contributed by atoms with Gasteiger partial charge in [0.25, 0.3) is 0 Å². The van der Waals surface area contributed by atoms with Gasteiger partial charge in [-0.15, -0.1) is 0 Å². The van der Waals surface area contributed by atoms with Gasteiger partial charge in [0.15, 0.2) is 0 Å². The van der Waals surface area contributed by atoms with Crippen LogP contribution in [0.25, 0.3) is 23.3 Å². The van der Waals surface area contributed by atoms with Crippen molar-refractivity contribution in [3.8, 4) is 11.1 Å². The van der Waals surface area contributed by atoms with Crippen molar-refractivity contribution in [2.75, 3.05) is 16.4 Å². The molecule has 0 saturated heterocycles. The molecule has 0 unspecified atom stereocenters. The largest absolute Gasteiger partial charge is 0.377 e. The molecule has 0 aliphatic rings. The molecule has 8 aromatic carbocycles. The molecule has 0 aliphatic heterocycles. The summed E-state index contributed by atoms with van der Waals surface area (Å²) in [6, 6.07) is 70.4. The minimum atomic E-state index is 0.544. The Morgan fingerprint density at radius 2 is 0.618 bits per heavy atom. The van der Waals surface area contributed by atoms with E-state index in [0.29, 0.717) is 19.8 Å². The number of hydrogen-bond acceptors (Lipinski definition) is 4. The minimum absolute atomic E-state index is 0.544. The van der Waals surface area contributed by atoms with E-state index in [2.05, 4.69) is 231 Å². The Balaban J connectivity index is 0.968. The molecule has 0 bridgehead atoms. The van der Waals surface area contributed by atoms with Crippen molar-refractivity contribution in [3.63, 3.8) is 0 Å². The maximum Gasteiger partial charge on any atom is 0.0721 e. The van der Waals surface area contributed by atoms with Gasteiger partial charge in [0, 0.05) is 40.7 Å². The van der Waals surface area contributed by atoms with Crippen molar-refractivity contribution in [1.29, 1.82) is 0 Å². The molecular formula is C64H64N2O2. The van der Waals surface area contributed by atoms with Crippen molar-refractivity contribution in [2.24, 2.45) is 0 Å². The summed E-state index contributed by atoms with van der Waals surface area (Å²) in [5.74, 6) is 0. The molecule has 68 heavy (non-hydrogen) atoms. The molecule has 0 amide bonds. The number of nitrogens with zero attached hydrogens (tertiary/aromatic N) is 2. The topological polar surface area (TPSA) is 24.9 Å². The van der Waals surface area contributed by atoms with Crippen molar-refractivity contribution in [1.82, 2.24) is 0 Å². The Morgan fingerprint density at radius 3 is 0.941 bits per heavy atom. The summed E-state index contributed by atoms with van der Waals surface area (Å²) in [4.78, 5) is 4.69. The molecule has 0 atom stereocenters. The quantitative estimate of drug-likeness (QED) is 0.0598. The lowest BCUT2D eigenvalue weighted by atomic mass is 10.0. The number of benzene rings is 8. The van der Waals surface area contributed by atoms with Gasteiger partial charge in [-0.25, -0.2) is 0 Å². The van der Waals surface area contributed by atoms with Crippen molar-refractivity contribution < 1.29 is 9.47 Å². The molecule has 342 valence electrons. The van der Waals surface area contributed by atoms with Crippen LogP contribution in [0.2, 0.25) is 0 Å². The maximum atomic E-state index is 6.11. The summed E-state index contributed by atoms with van der Waals surface area (Å²) in [6.45, 7) is 14.6. The first-order chi connectivity index (χ1) is 33.5. The first-order valence-corrected chi connectivity index (χ1v) is 24.2. The first-order valence-electron chi connectivity index (χ1n) is 24.2. The molecule has 0 spiro atoms. The lowest BCUT2D eigenvalue weighted by Gasteiger charge is -2.27. The zero-order chi connectivity index (χ0) is 46.9. The summed E-state index contributed by atoms with van der Waals surface area (Å²) in [5, 5.41) is 0. The predicted molar refractivity (Wildman–Crippen MR) is 289 cm³/mol. The van der Waals surface area contributed by atoms with Gasteiger partial charge in [-0.1, -0.05) is 173 Å². The fraction of sp³-hybridized carbons (Fsp3) is 0.188. The highest BCUT2D eigenvalue weighted by Crippen LogP contribution is 2.39. The van der Waals surface area contributed by atoms with Crippen LogP contribution in [0.5, 0.6) is 0 Å². The molecule has 0 heterocycles. The van der Waals surface area contributed by atoms with Gasteiger partial charge in [0.05, 0.1) is 19.8 Å². The molecule has 8 aromatic rings. The summed E-state index contributed by atoms with van der Waals surface area (Å²) in [7, 11) is 0. The normalized spacial score (nSPS) is 11.0. The van der Waals surface area contributed by atoms with E-state index in [1.165, 1.54) is 33.4 Å². The Bertz CT molecular complexity index is 2780. The van der Waals surface area contributed by atoms with Crippen LogP contribution in [0.3, 0.4) is 0 Å². The number of ether oxygens (including phenoxy) is 2. The van der Waals surface area contributed by atoms with Crippen LogP contribution in [0, 0.1) is 0 Å². The summed E-state index contributed by atoms with van der Waals surface area (Å²) in [6.07, 6.45) is 10.1. The van der Waals surface area contributed by atoms with Crippen LogP contribution < -0.4 is 9.80 Å². The SMILES string of the molecule is C=Cc1ccc(COCCCc2ccc(N(c3ccc(CCC)cc3)c3ccc(-c4ccc(N(c5ccc(CCC)cc5)c5ccc(COCc6ccc(C=C)cc6)cc5)cc4)cc3)cc2)cc1.